The maximum atomic E-state index is 12.2. The van der Waals surface area contributed by atoms with Crippen molar-refractivity contribution >= 4 is 35.8 Å². The molecular formula is C19H31IN4O4. The van der Waals surface area contributed by atoms with E-state index in [-0.39, 0.29) is 36.4 Å². The van der Waals surface area contributed by atoms with Gasteiger partial charge >= 0.3 is 0 Å². The molecule has 0 bridgehead atoms. The summed E-state index contributed by atoms with van der Waals surface area (Å²) in [6, 6.07) is 3.59. The number of hydrogen-bond donors (Lipinski definition) is 2. The number of likely N-dealkylation sites (tertiary alicyclic amines) is 1. The Labute approximate surface area is 184 Å². The molecule has 1 heterocycles. The van der Waals surface area contributed by atoms with Gasteiger partial charge in [-0.1, -0.05) is 0 Å². The van der Waals surface area contributed by atoms with E-state index >= 15 is 0 Å². The largest absolute Gasteiger partial charge is 0.496 e. The molecule has 8 nitrogen and oxygen atoms in total. The van der Waals surface area contributed by atoms with Gasteiger partial charge in [0.25, 0.3) is 0 Å². The monoisotopic (exact) mass is 506 g/mol. The molecule has 2 rings (SSSR count). The molecular weight excluding hydrogens is 475 g/mol. The number of nitrogens with zero attached hydrogens (tertiary/aromatic N) is 2. The summed E-state index contributed by atoms with van der Waals surface area (Å²) in [5, 5.41) is 6.26. The van der Waals surface area contributed by atoms with E-state index in [2.05, 4.69) is 15.6 Å². The summed E-state index contributed by atoms with van der Waals surface area (Å²) in [5.74, 6) is 2.60. The Balaban J connectivity index is 0.00000392. The molecule has 1 saturated heterocycles. The van der Waals surface area contributed by atoms with Crippen LogP contribution in [0.4, 0.5) is 0 Å². The number of halogens is 1. The minimum Gasteiger partial charge on any atom is -0.496 e. The van der Waals surface area contributed by atoms with Crippen molar-refractivity contribution in [1.29, 1.82) is 0 Å². The van der Waals surface area contributed by atoms with Crippen LogP contribution in [0.1, 0.15) is 25.3 Å². The molecule has 158 valence electrons. The standard InChI is InChI=1S/C19H30N4O4.HI/c1-5-20-19(22-13-18(24)23-8-6-7-9-23)21-12-15-16(26-3)10-14(25-2)11-17(15)27-4;/h10-11H,5-9,12-13H2,1-4H3,(H2,20,21,22);1H. The van der Waals surface area contributed by atoms with Gasteiger partial charge in [-0.15, -0.1) is 24.0 Å². The van der Waals surface area contributed by atoms with Crippen molar-refractivity contribution in [2.75, 3.05) is 47.5 Å². The van der Waals surface area contributed by atoms with Crippen molar-refractivity contribution < 1.29 is 19.0 Å². The number of nitrogens with one attached hydrogen (secondary N) is 2. The van der Waals surface area contributed by atoms with Crippen molar-refractivity contribution in [2.24, 2.45) is 4.99 Å². The van der Waals surface area contributed by atoms with Crippen LogP contribution < -0.4 is 24.8 Å². The van der Waals surface area contributed by atoms with Crippen molar-refractivity contribution in [3.05, 3.63) is 17.7 Å². The van der Waals surface area contributed by atoms with Crippen LogP contribution in [-0.4, -0.2) is 64.3 Å². The number of carbonyl (C=O) groups is 1. The molecule has 1 aromatic rings. The zero-order chi connectivity index (χ0) is 19.6. The third-order valence-corrected chi connectivity index (χ3v) is 4.42. The molecule has 0 spiro atoms. The fourth-order valence-electron chi connectivity index (χ4n) is 2.97. The van der Waals surface area contributed by atoms with Gasteiger partial charge in [0.2, 0.25) is 5.91 Å². The quantitative estimate of drug-likeness (QED) is 0.319. The van der Waals surface area contributed by atoms with Crippen LogP contribution >= 0.6 is 24.0 Å². The van der Waals surface area contributed by atoms with Crippen LogP contribution in [0.25, 0.3) is 0 Å². The number of ether oxygens (including phenoxy) is 3. The predicted molar refractivity (Wildman–Crippen MR) is 120 cm³/mol. The number of guanidine groups is 1. The van der Waals surface area contributed by atoms with Gasteiger partial charge in [-0.2, -0.15) is 0 Å². The maximum absolute atomic E-state index is 12.2. The number of aliphatic imine (C=N–C) groups is 1. The van der Waals surface area contributed by atoms with Crippen LogP contribution in [-0.2, 0) is 11.3 Å². The van der Waals surface area contributed by atoms with E-state index in [0.29, 0.717) is 36.3 Å². The Morgan fingerprint density at radius 3 is 2.18 bits per heavy atom. The van der Waals surface area contributed by atoms with E-state index in [1.807, 2.05) is 11.8 Å². The van der Waals surface area contributed by atoms with Gasteiger partial charge in [-0.25, -0.2) is 4.99 Å². The summed E-state index contributed by atoms with van der Waals surface area (Å²) in [5.41, 5.74) is 0.809. The third kappa shape index (κ3) is 6.61. The van der Waals surface area contributed by atoms with E-state index in [1.54, 1.807) is 33.5 Å². The fraction of sp³-hybridized carbons (Fsp3) is 0.579. The predicted octanol–water partition coefficient (Wildman–Crippen LogP) is 2.01. The van der Waals surface area contributed by atoms with Crippen LogP contribution in [0.2, 0.25) is 0 Å². The van der Waals surface area contributed by atoms with Gasteiger partial charge in [0.05, 0.1) is 40.0 Å². The summed E-state index contributed by atoms with van der Waals surface area (Å²) >= 11 is 0. The Morgan fingerprint density at radius 1 is 1.07 bits per heavy atom. The Kier molecular flexibility index (Phi) is 10.8. The van der Waals surface area contributed by atoms with Gasteiger partial charge in [0, 0.05) is 31.8 Å². The average molecular weight is 506 g/mol. The second-order valence-corrected chi connectivity index (χ2v) is 6.15. The zero-order valence-corrected chi connectivity index (χ0v) is 19.4. The first-order chi connectivity index (χ1) is 13.1. The van der Waals surface area contributed by atoms with E-state index in [4.69, 9.17) is 14.2 Å². The highest BCUT2D eigenvalue weighted by atomic mass is 127. The summed E-state index contributed by atoms with van der Waals surface area (Å²) in [4.78, 5) is 18.7. The molecule has 9 heteroatoms. The number of amides is 1. The molecule has 1 aromatic carbocycles. The minimum absolute atomic E-state index is 0. The number of rotatable bonds is 8. The molecule has 28 heavy (non-hydrogen) atoms. The summed E-state index contributed by atoms with van der Waals surface area (Å²) in [7, 11) is 4.79. The van der Waals surface area contributed by atoms with Crippen LogP contribution in [0.5, 0.6) is 17.2 Å². The second kappa shape index (κ2) is 12.5. The SMILES string of the molecule is CCNC(=NCc1c(OC)cc(OC)cc1OC)NCC(=O)N1CCCC1.I. The lowest BCUT2D eigenvalue weighted by Gasteiger charge is -2.18. The highest BCUT2D eigenvalue weighted by molar-refractivity contribution is 14.0. The number of hydrogen-bond acceptors (Lipinski definition) is 5. The van der Waals surface area contributed by atoms with E-state index in [0.717, 1.165) is 31.5 Å². The highest BCUT2D eigenvalue weighted by Gasteiger charge is 2.18. The molecule has 1 aliphatic heterocycles. The molecule has 1 fully saturated rings. The lowest BCUT2D eigenvalue weighted by Crippen LogP contribution is -2.44. The van der Waals surface area contributed by atoms with E-state index < -0.39 is 0 Å². The molecule has 0 aromatic heterocycles. The smallest absolute Gasteiger partial charge is 0.241 e. The van der Waals surface area contributed by atoms with Gasteiger partial charge < -0.3 is 29.7 Å². The van der Waals surface area contributed by atoms with Crippen molar-refractivity contribution in [1.82, 2.24) is 15.5 Å². The molecule has 1 aliphatic rings. The molecule has 0 unspecified atom stereocenters. The summed E-state index contributed by atoms with van der Waals surface area (Å²) in [6.45, 7) is 4.92. The van der Waals surface area contributed by atoms with E-state index in [1.165, 1.54) is 0 Å². The lowest BCUT2D eigenvalue weighted by atomic mass is 10.1. The van der Waals surface area contributed by atoms with Gasteiger partial charge in [-0.3, -0.25) is 4.79 Å². The Morgan fingerprint density at radius 2 is 1.68 bits per heavy atom. The molecule has 0 radical (unpaired) electrons. The first-order valence-electron chi connectivity index (χ1n) is 9.21. The first kappa shape index (κ1) is 24.1. The van der Waals surface area contributed by atoms with E-state index in [9.17, 15) is 4.79 Å². The lowest BCUT2D eigenvalue weighted by molar-refractivity contribution is -0.128. The molecule has 0 atom stereocenters. The topological polar surface area (TPSA) is 84.4 Å². The second-order valence-electron chi connectivity index (χ2n) is 6.15. The van der Waals surface area contributed by atoms with Gasteiger partial charge in [-0.05, 0) is 19.8 Å². The maximum Gasteiger partial charge on any atom is 0.241 e. The molecule has 0 aliphatic carbocycles. The Bertz CT molecular complexity index is 638. The minimum atomic E-state index is 0. The van der Waals surface area contributed by atoms with Gasteiger partial charge in [0.1, 0.15) is 17.2 Å². The van der Waals surface area contributed by atoms with Gasteiger partial charge in [0.15, 0.2) is 5.96 Å². The summed E-state index contributed by atoms with van der Waals surface area (Å²) < 4.78 is 16.2. The van der Waals surface area contributed by atoms with Crippen LogP contribution in [0.15, 0.2) is 17.1 Å². The molecule has 0 saturated carbocycles. The van der Waals surface area contributed by atoms with Crippen molar-refractivity contribution in [2.45, 2.75) is 26.3 Å². The number of carbonyl (C=O) groups excluding carboxylic acids is 1. The first-order valence-corrected chi connectivity index (χ1v) is 9.21. The molecule has 1 amide bonds. The molecule has 2 N–H and O–H groups in total. The third-order valence-electron chi connectivity index (χ3n) is 4.42. The Hall–Kier alpha value is -1.91. The number of methoxy groups -OCH3 is 3. The average Bonchev–Trinajstić information content (AvgIpc) is 3.24. The van der Waals surface area contributed by atoms with Crippen molar-refractivity contribution in [3.63, 3.8) is 0 Å². The number of benzene rings is 1. The fourth-order valence-corrected chi connectivity index (χ4v) is 2.97. The highest BCUT2D eigenvalue weighted by Crippen LogP contribution is 2.34. The van der Waals surface area contributed by atoms with Crippen LogP contribution in [0, 0.1) is 0 Å². The summed E-state index contributed by atoms with van der Waals surface area (Å²) in [6.07, 6.45) is 2.16. The normalized spacial score (nSPS) is 13.6. The zero-order valence-electron chi connectivity index (χ0n) is 17.0. The van der Waals surface area contributed by atoms with Crippen LogP contribution in [0.3, 0.4) is 0 Å². The van der Waals surface area contributed by atoms with Crippen molar-refractivity contribution in [3.8, 4) is 17.2 Å².